The van der Waals surface area contributed by atoms with Crippen LogP contribution in [0.15, 0.2) is 18.3 Å². The molecule has 4 aliphatic rings. The third-order valence-electron chi connectivity index (χ3n) is 6.19. The summed E-state index contributed by atoms with van der Waals surface area (Å²) in [6.45, 7) is 1.90. The van der Waals surface area contributed by atoms with Gasteiger partial charge in [-0.25, -0.2) is 0 Å². The maximum absolute atomic E-state index is 12.7. The van der Waals surface area contributed by atoms with E-state index in [-0.39, 0.29) is 17.4 Å². The first-order valence-electron chi connectivity index (χ1n) is 8.45. The molecular weight excluding hydrogens is 290 g/mol. The SMILES string of the molecule is Cc1cccnc1C(=O)NC12CC3CC(C1)CC(C(N)=O)(C3)C2. The van der Waals surface area contributed by atoms with E-state index < -0.39 is 5.41 Å². The number of primary amides is 1. The van der Waals surface area contributed by atoms with Gasteiger partial charge in [0.2, 0.25) is 5.91 Å². The summed E-state index contributed by atoms with van der Waals surface area (Å²) in [5.74, 6) is 0.715. The second-order valence-electron chi connectivity index (χ2n) is 8.01. The molecule has 4 saturated carbocycles. The van der Waals surface area contributed by atoms with Gasteiger partial charge in [-0.3, -0.25) is 14.6 Å². The second-order valence-corrected chi connectivity index (χ2v) is 8.01. The molecule has 0 aliphatic heterocycles. The molecule has 122 valence electrons. The fourth-order valence-electron chi connectivity index (χ4n) is 5.72. The lowest BCUT2D eigenvalue weighted by Crippen LogP contribution is -2.65. The Morgan fingerprint density at radius 2 is 1.96 bits per heavy atom. The normalized spacial score (nSPS) is 37.6. The number of rotatable bonds is 3. The molecule has 1 heterocycles. The maximum atomic E-state index is 12.7. The number of hydrogen-bond donors (Lipinski definition) is 2. The Morgan fingerprint density at radius 1 is 1.26 bits per heavy atom. The zero-order chi connectivity index (χ0) is 16.2. The molecule has 4 fully saturated rings. The summed E-state index contributed by atoms with van der Waals surface area (Å²) < 4.78 is 0. The maximum Gasteiger partial charge on any atom is 0.270 e. The van der Waals surface area contributed by atoms with Gasteiger partial charge in [-0.05, 0) is 68.9 Å². The van der Waals surface area contributed by atoms with Gasteiger partial charge in [0.1, 0.15) is 5.69 Å². The monoisotopic (exact) mass is 313 g/mol. The number of aromatic nitrogens is 1. The molecule has 2 unspecified atom stereocenters. The molecular formula is C18H23N3O2. The molecule has 1 aromatic heterocycles. The van der Waals surface area contributed by atoms with Crippen LogP contribution < -0.4 is 11.1 Å². The summed E-state index contributed by atoms with van der Waals surface area (Å²) in [6, 6.07) is 3.73. The van der Waals surface area contributed by atoms with E-state index in [1.807, 2.05) is 19.1 Å². The third kappa shape index (κ3) is 2.25. The van der Waals surface area contributed by atoms with Crippen molar-refractivity contribution in [1.29, 1.82) is 0 Å². The number of hydrogen-bond acceptors (Lipinski definition) is 3. The molecule has 0 radical (unpaired) electrons. The van der Waals surface area contributed by atoms with Gasteiger partial charge < -0.3 is 11.1 Å². The number of amides is 2. The van der Waals surface area contributed by atoms with Gasteiger partial charge in [-0.2, -0.15) is 0 Å². The summed E-state index contributed by atoms with van der Waals surface area (Å²) in [5, 5.41) is 3.25. The Labute approximate surface area is 136 Å². The van der Waals surface area contributed by atoms with Crippen molar-refractivity contribution in [2.45, 2.75) is 51.0 Å². The largest absolute Gasteiger partial charge is 0.369 e. The molecule has 1 aromatic rings. The van der Waals surface area contributed by atoms with Gasteiger partial charge in [0, 0.05) is 11.7 Å². The molecule has 3 N–H and O–H groups in total. The van der Waals surface area contributed by atoms with E-state index in [0.29, 0.717) is 24.0 Å². The van der Waals surface area contributed by atoms with Gasteiger partial charge in [-0.15, -0.1) is 0 Å². The molecule has 4 bridgehead atoms. The summed E-state index contributed by atoms with van der Waals surface area (Å²) in [6.07, 6.45) is 7.26. The Morgan fingerprint density at radius 3 is 2.57 bits per heavy atom. The van der Waals surface area contributed by atoms with Crippen LogP contribution in [0.1, 0.15) is 54.6 Å². The summed E-state index contributed by atoms with van der Waals surface area (Å²) >= 11 is 0. The number of nitrogens with zero attached hydrogens (tertiary/aromatic N) is 1. The number of carbonyl (C=O) groups excluding carboxylic acids is 2. The van der Waals surface area contributed by atoms with Crippen molar-refractivity contribution >= 4 is 11.8 Å². The summed E-state index contributed by atoms with van der Waals surface area (Å²) in [5.41, 5.74) is 6.43. The number of nitrogens with two attached hydrogens (primary N) is 1. The van der Waals surface area contributed by atoms with Gasteiger partial charge in [-0.1, -0.05) is 6.07 Å². The van der Waals surface area contributed by atoms with Crippen LogP contribution in [0.4, 0.5) is 0 Å². The quantitative estimate of drug-likeness (QED) is 0.894. The van der Waals surface area contributed by atoms with Crippen molar-refractivity contribution in [3.05, 3.63) is 29.6 Å². The lowest BCUT2D eigenvalue weighted by Gasteiger charge is -2.61. The van der Waals surface area contributed by atoms with Crippen molar-refractivity contribution in [2.75, 3.05) is 0 Å². The lowest BCUT2D eigenvalue weighted by molar-refractivity contribution is -0.146. The highest BCUT2D eigenvalue weighted by atomic mass is 16.2. The second kappa shape index (κ2) is 4.79. The number of nitrogens with one attached hydrogen (secondary N) is 1. The smallest absolute Gasteiger partial charge is 0.270 e. The number of aryl methyl sites for hydroxylation is 1. The molecule has 0 aromatic carbocycles. The van der Waals surface area contributed by atoms with E-state index in [9.17, 15) is 9.59 Å². The van der Waals surface area contributed by atoms with Gasteiger partial charge in [0.15, 0.2) is 0 Å². The highest BCUT2D eigenvalue weighted by Crippen LogP contribution is 2.61. The first-order chi connectivity index (χ1) is 10.9. The minimum absolute atomic E-state index is 0.121. The van der Waals surface area contributed by atoms with Crippen LogP contribution in [0.2, 0.25) is 0 Å². The van der Waals surface area contributed by atoms with Gasteiger partial charge in [0.05, 0.1) is 5.41 Å². The Bertz CT molecular complexity index is 671. The predicted octanol–water partition coefficient (Wildman–Crippen LogP) is 1.94. The predicted molar refractivity (Wildman–Crippen MR) is 85.5 cm³/mol. The minimum Gasteiger partial charge on any atom is -0.369 e. The highest BCUT2D eigenvalue weighted by molar-refractivity contribution is 5.94. The van der Waals surface area contributed by atoms with E-state index in [1.54, 1.807) is 6.20 Å². The van der Waals surface area contributed by atoms with Crippen molar-refractivity contribution in [1.82, 2.24) is 10.3 Å². The fraction of sp³-hybridized carbons (Fsp3) is 0.611. The van der Waals surface area contributed by atoms with Crippen LogP contribution in [0.5, 0.6) is 0 Å². The van der Waals surface area contributed by atoms with Crippen molar-refractivity contribution in [2.24, 2.45) is 23.0 Å². The molecule has 5 nitrogen and oxygen atoms in total. The molecule has 2 amide bonds. The minimum atomic E-state index is -0.406. The highest BCUT2D eigenvalue weighted by Gasteiger charge is 2.60. The molecule has 23 heavy (non-hydrogen) atoms. The molecule has 2 atom stereocenters. The van der Waals surface area contributed by atoms with E-state index in [4.69, 9.17) is 5.73 Å². The van der Waals surface area contributed by atoms with Crippen LogP contribution in [-0.4, -0.2) is 22.3 Å². The van der Waals surface area contributed by atoms with E-state index in [2.05, 4.69) is 10.3 Å². The summed E-state index contributed by atoms with van der Waals surface area (Å²) in [4.78, 5) is 29.1. The van der Waals surface area contributed by atoms with Crippen LogP contribution in [0.3, 0.4) is 0 Å². The molecule has 5 heteroatoms. The molecule has 0 saturated heterocycles. The average Bonchev–Trinajstić information content (AvgIpc) is 2.45. The molecule has 5 rings (SSSR count). The van der Waals surface area contributed by atoms with Crippen LogP contribution >= 0.6 is 0 Å². The van der Waals surface area contributed by atoms with Crippen molar-refractivity contribution in [3.63, 3.8) is 0 Å². The van der Waals surface area contributed by atoms with E-state index >= 15 is 0 Å². The van der Waals surface area contributed by atoms with E-state index in [1.165, 1.54) is 6.42 Å². The first-order valence-corrected chi connectivity index (χ1v) is 8.45. The van der Waals surface area contributed by atoms with Crippen molar-refractivity contribution in [3.8, 4) is 0 Å². The first kappa shape index (κ1) is 14.7. The Hall–Kier alpha value is -1.91. The standard InChI is InChI=1S/C18H23N3O2/c1-11-3-2-4-20-14(11)15(22)21-18-8-12-5-13(9-18)7-17(6-12,10-18)16(19)23/h2-4,12-13H,5-10H2,1H3,(H2,19,23)(H,21,22). The fourth-order valence-corrected chi connectivity index (χ4v) is 5.72. The van der Waals surface area contributed by atoms with Crippen molar-refractivity contribution < 1.29 is 9.59 Å². The molecule has 4 aliphatic carbocycles. The Balaban J connectivity index is 1.63. The lowest BCUT2D eigenvalue weighted by atomic mass is 9.46. The topological polar surface area (TPSA) is 85.1 Å². The van der Waals surface area contributed by atoms with Crippen LogP contribution in [-0.2, 0) is 4.79 Å². The zero-order valence-corrected chi connectivity index (χ0v) is 13.5. The van der Waals surface area contributed by atoms with Gasteiger partial charge >= 0.3 is 0 Å². The van der Waals surface area contributed by atoms with Gasteiger partial charge in [0.25, 0.3) is 5.91 Å². The zero-order valence-electron chi connectivity index (χ0n) is 13.5. The van der Waals surface area contributed by atoms with Crippen LogP contribution in [0.25, 0.3) is 0 Å². The third-order valence-corrected chi connectivity index (χ3v) is 6.19. The summed E-state index contributed by atoms with van der Waals surface area (Å²) in [7, 11) is 0. The number of carbonyl (C=O) groups is 2. The number of pyridine rings is 1. The average molecular weight is 313 g/mol. The Kier molecular flexibility index (Phi) is 3.06. The molecule has 0 spiro atoms. The van der Waals surface area contributed by atoms with E-state index in [0.717, 1.165) is 31.2 Å². The van der Waals surface area contributed by atoms with Crippen LogP contribution in [0, 0.1) is 24.2 Å².